The molecule has 0 saturated heterocycles. The van der Waals surface area contributed by atoms with E-state index < -0.39 is 17.8 Å². The van der Waals surface area contributed by atoms with Gasteiger partial charge in [-0.05, 0) is 48.4 Å². The van der Waals surface area contributed by atoms with E-state index in [1.807, 2.05) is 61.5 Å². The summed E-state index contributed by atoms with van der Waals surface area (Å²) in [7, 11) is 1.57. The molecule has 0 spiro atoms. The van der Waals surface area contributed by atoms with Gasteiger partial charge in [-0.15, -0.1) is 0 Å². The fraction of sp³-hybridized carbons (Fsp3) is 0.161. The number of methoxy groups -OCH3 is 1. The van der Waals surface area contributed by atoms with Crippen molar-refractivity contribution in [2.24, 2.45) is 0 Å². The lowest BCUT2D eigenvalue weighted by molar-refractivity contribution is -0.139. The molecule has 0 aliphatic carbocycles. The molecule has 0 fully saturated rings. The maximum absolute atomic E-state index is 14.7. The summed E-state index contributed by atoms with van der Waals surface area (Å²) in [4.78, 5) is 29.0. The molecular formula is C31H29FN2O3. The van der Waals surface area contributed by atoms with Crippen molar-refractivity contribution < 1.29 is 18.7 Å². The Bertz CT molecular complexity index is 1340. The number of carbonyl (C=O) groups excluding carboxylic acids is 2. The van der Waals surface area contributed by atoms with Gasteiger partial charge >= 0.3 is 0 Å². The van der Waals surface area contributed by atoms with E-state index in [9.17, 15) is 14.0 Å². The molecule has 0 bridgehead atoms. The van der Waals surface area contributed by atoms with Gasteiger partial charge in [0.25, 0.3) is 5.91 Å². The molecule has 0 saturated carbocycles. The number of aryl methyl sites for hydroxylation is 1. The summed E-state index contributed by atoms with van der Waals surface area (Å²) < 4.78 is 19.9. The zero-order valence-corrected chi connectivity index (χ0v) is 20.9. The summed E-state index contributed by atoms with van der Waals surface area (Å²) in [5.74, 6) is -0.456. The van der Waals surface area contributed by atoms with Crippen LogP contribution in [0, 0.1) is 12.7 Å². The number of nitrogens with zero attached hydrogens (tertiary/aromatic N) is 1. The number of anilines is 1. The Labute approximate surface area is 216 Å². The molecule has 0 radical (unpaired) electrons. The van der Waals surface area contributed by atoms with Gasteiger partial charge in [0.1, 0.15) is 17.6 Å². The number of carbonyl (C=O) groups is 2. The van der Waals surface area contributed by atoms with Crippen LogP contribution in [0.25, 0.3) is 0 Å². The zero-order valence-electron chi connectivity index (χ0n) is 20.9. The summed E-state index contributed by atoms with van der Waals surface area (Å²) in [6.45, 7) is 1.89. The first-order chi connectivity index (χ1) is 17.9. The average Bonchev–Trinajstić information content (AvgIpc) is 2.91. The fourth-order valence-electron chi connectivity index (χ4n) is 4.11. The van der Waals surface area contributed by atoms with Crippen LogP contribution in [0.2, 0.25) is 0 Å². The molecule has 4 aromatic carbocycles. The van der Waals surface area contributed by atoms with Crippen LogP contribution >= 0.6 is 0 Å². The smallest absolute Gasteiger partial charge is 0.251 e. The van der Waals surface area contributed by atoms with Crippen molar-refractivity contribution in [1.82, 2.24) is 4.90 Å². The molecule has 4 rings (SSSR count). The molecule has 0 aliphatic rings. The van der Waals surface area contributed by atoms with Crippen molar-refractivity contribution in [3.8, 4) is 5.75 Å². The molecule has 188 valence electrons. The van der Waals surface area contributed by atoms with Gasteiger partial charge in [0, 0.05) is 17.8 Å². The second-order valence-corrected chi connectivity index (χ2v) is 8.81. The molecule has 0 aromatic heterocycles. The van der Waals surface area contributed by atoms with E-state index in [1.54, 1.807) is 49.6 Å². The van der Waals surface area contributed by atoms with Gasteiger partial charge in [-0.2, -0.15) is 0 Å². The van der Waals surface area contributed by atoms with Crippen molar-refractivity contribution in [3.63, 3.8) is 0 Å². The average molecular weight is 497 g/mol. The van der Waals surface area contributed by atoms with E-state index in [1.165, 1.54) is 11.0 Å². The highest BCUT2D eigenvalue weighted by molar-refractivity contribution is 5.98. The first-order valence-corrected chi connectivity index (χ1v) is 12.0. The Morgan fingerprint density at radius 1 is 0.865 bits per heavy atom. The van der Waals surface area contributed by atoms with Crippen LogP contribution in [0.4, 0.5) is 10.1 Å². The molecule has 2 amide bonds. The lowest BCUT2D eigenvalue weighted by Crippen LogP contribution is -2.41. The number of benzene rings is 4. The maximum atomic E-state index is 14.7. The topological polar surface area (TPSA) is 58.6 Å². The summed E-state index contributed by atoms with van der Waals surface area (Å²) in [5.41, 5.74) is 3.36. The second-order valence-electron chi connectivity index (χ2n) is 8.81. The third-order valence-corrected chi connectivity index (χ3v) is 6.13. The quantitative estimate of drug-likeness (QED) is 0.305. The third-order valence-electron chi connectivity index (χ3n) is 6.13. The Balaban J connectivity index is 1.74. The molecule has 37 heavy (non-hydrogen) atoms. The largest absolute Gasteiger partial charge is 0.497 e. The molecule has 5 nitrogen and oxygen atoms in total. The van der Waals surface area contributed by atoms with Crippen molar-refractivity contribution in [1.29, 1.82) is 0 Å². The number of nitrogens with one attached hydrogen (secondary N) is 1. The summed E-state index contributed by atoms with van der Waals surface area (Å²) >= 11 is 0. The Kier molecular flexibility index (Phi) is 8.31. The van der Waals surface area contributed by atoms with Gasteiger partial charge in [-0.3, -0.25) is 9.59 Å². The molecular weight excluding hydrogens is 467 g/mol. The predicted octanol–water partition coefficient (Wildman–Crippen LogP) is 6.09. The SMILES string of the molecule is COc1ccc(NC(=O)C(c2ccc(C)cc2)N(Cc2ccccc2F)C(=O)Cc2ccccc2)cc1. The normalized spacial score (nSPS) is 11.4. The Morgan fingerprint density at radius 2 is 1.51 bits per heavy atom. The minimum atomic E-state index is -0.987. The minimum absolute atomic E-state index is 0.0626. The summed E-state index contributed by atoms with van der Waals surface area (Å²) in [6, 6.07) is 29.0. The van der Waals surface area contributed by atoms with Gasteiger partial charge in [-0.1, -0.05) is 78.4 Å². The zero-order chi connectivity index (χ0) is 26.2. The molecule has 1 N–H and O–H groups in total. The number of amides is 2. The van der Waals surface area contributed by atoms with Crippen molar-refractivity contribution in [2.45, 2.75) is 25.9 Å². The van der Waals surface area contributed by atoms with Crippen LogP contribution in [0.3, 0.4) is 0 Å². The Morgan fingerprint density at radius 3 is 2.16 bits per heavy atom. The van der Waals surface area contributed by atoms with E-state index >= 15 is 0 Å². The van der Waals surface area contributed by atoms with Crippen molar-refractivity contribution in [3.05, 3.63) is 131 Å². The van der Waals surface area contributed by atoms with Gasteiger partial charge in [0.2, 0.25) is 5.91 Å². The number of hydrogen-bond acceptors (Lipinski definition) is 3. The van der Waals surface area contributed by atoms with E-state index in [2.05, 4.69) is 5.32 Å². The lowest BCUT2D eigenvalue weighted by Gasteiger charge is -2.32. The van der Waals surface area contributed by atoms with E-state index in [-0.39, 0.29) is 18.9 Å². The van der Waals surface area contributed by atoms with Crippen LogP contribution in [0.5, 0.6) is 5.75 Å². The lowest BCUT2D eigenvalue weighted by atomic mass is 10.00. The highest BCUT2D eigenvalue weighted by Crippen LogP contribution is 2.28. The van der Waals surface area contributed by atoms with Crippen LogP contribution in [-0.4, -0.2) is 23.8 Å². The first-order valence-electron chi connectivity index (χ1n) is 12.0. The molecule has 4 aromatic rings. The number of rotatable bonds is 9. The molecule has 1 atom stereocenters. The third kappa shape index (κ3) is 6.61. The van der Waals surface area contributed by atoms with Crippen LogP contribution in [-0.2, 0) is 22.6 Å². The van der Waals surface area contributed by atoms with E-state index in [4.69, 9.17) is 4.74 Å². The molecule has 0 aliphatic heterocycles. The van der Waals surface area contributed by atoms with E-state index in [0.29, 0.717) is 22.6 Å². The van der Waals surface area contributed by atoms with Crippen molar-refractivity contribution >= 4 is 17.5 Å². The summed E-state index contributed by atoms with van der Waals surface area (Å²) in [6.07, 6.45) is 0.0769. The molecule has 0 heterocycles. The molecule has 1 unspecified atom stereocenters. The van der Waals surface area contributed by atoms with Crippen LogP contribution in [0.1, 0.15) is 28.3 Å². The number of hydrogen-bond donors (Lipinski definition) is 1. The van der Waals surface area contributed by atoms with Gasteiger partial charge < -0.3 is 15.0 Å². The first kappa shape index (κ1) is 25.6. The van der Waals surface area contributed by atoms with Gasteiger partial charge in [-0.25, -0.2) is 4.39 Å². The van der Waals surface area contributed by atoms with Crippen LogP contribution in [0.15, 0.2) is 103 Å². The number of ether oxygens (including phenoxy) is 1. The second kappa shape index (κ2) is 12.0. The Hall–Kier alpha value is -4.45. The van der Waals surface area contributed by atoms with Gasteiger partial charge in [0.15, 0.2) is 0 Å². The molecule has 6 heteroatoms. The highest BCUT2D eigenvalue weighted by atomic mass is 19.1. The highest BCUT2D eigenvalue weighted by Gasteiger charge is 2.32. The maximum Gasteiger partial charge on any atom is 0.251 e. The van der Waals surface area contributed by atoms with Crippen LogP contribution < -0.4 is 10.1 Å². The fourth-order valence-corrected chi connectivity index (χ4v) is 4.11. The van der Waals surface area contributed by atoms with Gasteiger partial charge in [0.05, 0.1) is 13.5 Å². The standard InChI is InChI=1S/C31H29FN2O3/c1-22-12-14-24(15-13-22)30(31(36)33-26-16-18-27(37-2)19-17-26)34(21-25-10-6-7-11-28(25)32)29(35)20-23-8-4-3-5-9-23/h3-19,30H,20-21H2,1-2H3,(H,33,36). The summed E-state index contributed by atoms with van der Waals surface area (Å²) in [5, 5.41) is 2.92. The minimum Gasteiger partial charge on any atom is -0.497 e. The predicted molar refractivity (Wildman–Crippen MR) is 143 cm³/mol. The monoisotopic (exact) mass is 496 g/mol. The number of halogens is 1. The van der Waals surface area contributed by atoms with E-state index in [0.717, 1.165) is 11.1 Å². The van der Waals surface area contributed by atoms with Crippen molar-refractivity contribution in [2.75, 3.05) is 12.4 Å².